The minimum Gasteiger partial charge on any atom is -0.478 e. The Bertz CT molecular complexity index is 1060. The predicted octanol–water partition coefficient (Wildman–Crippen LogP) is 4.50. The predicted molar refractivity (Wildman–Crippen MR) is 112 cm³/mol. The molecule has 9 nitrogen and oxygen atoms in total. The van der Waals surface area contributed by atoms with Crippen molar-refractivity contribution in [1.82, 2.24) is 0 Å². The van der Waals surface area contributed by atoms with Crippen molar-refractivity contribution in [3.63, 3.8) is 0 Å². The maximum Gasteiger partial charge on any atom is 0.337 e. The molecule has 1 aliphatic carbocycles. The fourth-order valence-electron chi connectivity index (χ4n) is 4.36. The zero-order chi connectivity index (χ0) is 21.6. The van der Waals surface area contributed by atoms with Crippen LogP contribution in [0.5, 0.6) is 0 Å². The third-order valence-corrected chi connectivity index (χ3v) is 7.72. The molecule has 0 bridgehead atoms. The molecule has 0 aromatic heterocycles. The number of nitro groups is 2. The lowest BCUT2D eigenvalue weighted by Crippen LogP contribution is -2.29. The first kappa shape index (κ1) is 20.4. The van der Waals surface area contributed by atoms with Crippen molar-refractivity contribution in [3.05, 3.63) is 67.8 Å². The molecule has 0 unspecified atom stereocenters. The molecule has 1 heterocycles. The van der Waals surface area contributed by atoms with Gasteiger partial charge in [0.2, 0.25) is 0 Å². The van der Waals surface area contributed by atoms with Gasteiger partial charge in [-0.2, -0.15) is 0 Å². The largest absolute Gasteiger partial charge is 0.478 e. The molecule has 1 saturated carbocycles. The number of benzene rings is 2. The summed E-state index contributed by atoms with van der Waals surface area (Å²) in [4.78, 5) is 34.1. The van der Waals surface area contributed by atoms with Crippen LogP contribution in [0.1, 0.15) is 28.3 Å². The van der Waals surface area contributed by atoms with Gasteiger partial charge in [0.25, 0.3) is 11.4 Å². The number of carboxylic acids is 1. The van der Waals surface area contributed by atoms with E-state index in [1.165, 1.54) is 30.0 Å². The van der Waals surface area contributed by atoms with Crippen molar-refractivity contribution in [2.24, 2.45) is 5.92 Å². The molecule has 11 heteroatoms. The van der Waals surface area contributed by atoms with Crippen LogP contribution < -0.4 is 5.32 Å². The second-order valence-electron chi connectivity index (χ2n) is 7.21. The SMILES string of the molecule is O=C(O)c1ccc([N+](=O)[O-])c2c1NC[C@H]1C[C@@H](Sc3ccccc3[N+](=O)[O-])[C@H](Cl)[C@H]21. The van der Waals surface area contributed by atoms with Gasteiger partial charge in [0.05, 0.1) is 36.9 Å². The van der Waals surface area contributed by atoms with Crippen LogP contribution in [-0.2, 0) is 0 Å². The van der Waals surface area contributed by atoms with Crippen LogP contribution >= 0.6 is 23.4 Å². The van der Waals surface area contributed by atoms with E-state index >= 15 is 0 Å². The van der Waals surface area contributed by atoms with E-state index in [-0.39, 0.29) is 33.8 Å². The fourth-order valence-corrected chi connectivity index (χ4v) is 6.34. The summed E-state index contributed by atoms with van der Waals surface area (Å²) in [6.07, 6.45) is 0.594. The van der Waals surface area contributed by atoms with E-state index in [4.69, 9.17) is 11.6 Å². The normalized spacial score (nSPS) is 24.4. The molecule has 4 rings (SSSR count). The average Bonchev–Trinajstić information content (AvgIpc) is 3.02. The zero-order valence-corrected chi connectivity index (χ0v) is 16.9. The molecule has 4 atom stereocenters. The molecule has 0 saturated heterocycles. The van der Waals surface area contributed by atoms with Crippen LogP contribution in [0, 0.1) is 26.1 Å². The van der Waals surface area contributed by atoms with Gasteiger partial charge in [-0.25, -0.2) is 4.79 Å². The molecular formula is C19H16ClN3O6S. The number of carbonyl (C=O) groups is 1. The first-order chi connectivity index (χ1) is 14.3. The minimum absolute atomic E-state index is 0.0149. The first-order valence-corrected chi connectivity index (χ1v) is 10.4. The molecule has 0 radical (unpaired) electrons. The highest BCUT2D eigenvalue weighted by Crippen LogP contribution is 2.55. The van der Waals surface area contributed by atoms with E-state index in [0.29, 0.717) is 23.4 Å². The summed E-state index contributed by atoms with van der Waals surface area (Å²) in [5.41, 5.74) is 0.326. The van der Waals surface area contributed by atoms with Gasteiger partial charge in [-0.3, -0.25) is 20.2 Å². The van der Waals surface area contributed by atoms with Crippen molar-refractivity contribution in [3.8, 4) is 0 Å². The highest BCUT2D eigenvalue weighted by Gasteiger charge is 2.49. The molecule has 2 aromatic rings. The lowest BCUT2D eigenvalue weighted by molar-refractivity contribution is -0.387. The van der Waals surface area contributed by atoms with Gasteiger partial charge < -0.3 is 10.4 Å². The number of alkyl halides is 1. The van der Waals surface area contributed by atoms with Gasteiger partial charge in [0.15, 0.2) is 0 Å². The molecule has 2 aromatic carbocycles. The molecule has 2 aliphatic rings. The van der Waals surface area contributed by atoms with E-state index in [1.807, 2.05) is 0 Å². The third kappa shape index (κ3) is 3.35. The van der Waals surface area contributed by atoms with Crippen molar-refractivity contribution in [1.29, 1.82) is 0 Å². The fraction of sp³-hybridized carbons (Fsp3) is 0.316. The molecule has 0 amide bonds. The van der Waals surface area contributed by atoms with Crippen molar-refractivity contribution < 1.29 is 19.7 Å². The number of hydrogen-bond donors (Lipinski definition) is 2. The minimum atomic E-state index is -1.18. The smallest absolute Gasteiger partial charge is 0.337 e. The average molecular weight is 450 g/mol. The van der Waals surface area contributed by atoms with E-state index in [9.17, 15) is 30.1 Å². The number of nitro benzene ring substituents is 2. The Morgan fingerprint density at radius 3 is 2.50 bits per heavy atom. The topological polar surface area (TPSA) is 136 Å². The Balaban J connectivity index is 1.73. The number of carboxylic acid groups (broad SMARTS) is 1. The molecule has 156 valence electrons. The number of para-hydroxylation sites is 1. The number of nitrogens with zero attached hydrogens (tertiary/aromatic N) is 2. The summed E-state index contributed by atoms with van der Waals surface area (Å²) < 4.78 is 0. The summed E-state index contributed by atoms with van der Waals surface area (Å²) >= 11 is 8.07. The number of thioether (sulfide) groups is 1. The van der Waals surface area contributed by atoms with Crippen LogP contribution in [-0.4, -0.2) is 38.1 Å². The highest BCUT2D eigenvalue weighted by atomic mass is 35.5. The zero-order valence-electron chi connectivity index (χ0n) is 15.4. The Labute approximate surface area is 179 Å². The molecule has 0 spiro atoms. The van der Waals surface area contributed by atoms with Gasteiger partial charge in [-0.15, -0.1) is 23.4 Å². The molecule has 2 N–H and O–H groups in total. The van der Waals surface area contributed by atoms with Crippen LogP contribution in [0.25, 0.3) is 0 Å². The Morgan fingerprint density at radius 1 is 1.13 bits per heavy atom. The van der Waals surface area contributed by atoms with Crippen LogP contribution in [0.4, 0.5) is 17.1 Å². The highest BCUT2D eigenvalue weighted by molar-refractivity contribution is 8.00. The van der Waals surface area contributed by atoms with E-state index in [1.54, 1.807) is 18.2 Å². The van der Waals surface area contributed by atoms with E-state index in [2.05, 4.69) is 5.32 Å². The van der Waals surface area contributed by atoms with Crippen LogP contribution in [0.15, 0.2) is 41.3 Å². The molecule has 1 fully saturated rings. The molecule has 30 heavy (non-hydrogen) atoms. The number of rotatable bonds is 5. The summed E-state index contributed by atoms with van der Waals surface area (Å²) in [6.45, 7) is 0.427. The monoisotopic (exact) mass is 449 g/mol. The number of fused-ring (bicyclic) bond motifs is 3. The van der Waals surface area contributed by atoms with E-state index < -0.39 is 27.1 Å². The number of hydrogen-bond acceptors (Lipinski definition) is 7. The lowest BCUT2D eigenvalue weighted by atomic mass is 9.82. The maximum atomic E-state index is 11.6. The molecular weight excluding hydrogens is 434 g/mol. The van der Waals surface area contributed by atoms with E-state index in [0.717, 1.165) is 0 Å². The van der Waals surface area contributed by atoms with Gasteiger partial charge in [-0.05, 0) is 24.5 Å². The quantitative estimate of drug-likeness (QED) is 0.387. The van der Waals surface area contributed by atoms with Gasteiger partial charge in [-0.1, -0.05) is 12.1 Å². The lowest BCUT2D eigenvalue weighted by Gasteiger charge is -2.31. The van der Waals surface area contributed by atoms with Crippen LogP contribution in [0.3, 0.4) is 0 Å². The second kappa shape index (κ2) is 7.77. The Morgan fingerprint density at radius 2 is 1.83 bits per heavy atom. The molecule has 1 aliphatic heterocycles. The van der Waals surface area contributed by atoms with Crippen molar-refractivity contribution in [2.45, 2.75) is 27.9 Å². The number of nitrogens with one attached hydrogen (secondary N) is 1. The number of anilines is 1. The summed E-state index contributed by atoms with van der Waals surface area (Å²) in [7, 11) is 0. The Kier molecular flexibility index (Phi) is 5.29. The van der Waals surface area contributed by atoms with Crippen LogP contribution in [0.2, 0.25) is 0 Å². The van der Waals surface area contributed by atoms with Crippen molar-refractivity contribution >= 4 is 46.4 Å². The van der Waals surface area contributed by atoms with Gasteiger partial charge in [0.1, 0.15) is 0 Å². The maximum absolute atomic E-state index is 11.6. The standard InChI is InChI=1S/C19H16ClN3O6S/c20-17-14(30-13-4-2-1-3-11(13)22(26)27)7-9-8-21-18-10(19(24)25)5-6-12(23(28)29)16(18)15(9)17/h1-6,9,14-15,17,21H,7-8H2,(H,24,25)/t9-,14-,15+,17+/m1/s1. The number of halogens is 1. The number of aromatic carboxylic acids is 1. The van der Waals surface area contributed by atoms with Crippen molar-refractivity contribution in [2.75, 3.05) is 11.9 Å². The second-order valence-corrected chi connectivity index (χ2v) is 9.00. The summed E-state index contributed by atoms with van der Waals surface area (Å²) in [6, 6.07) is 8.82. The first-order valence-electron chi connectivity index (χ1n) is 9.12. The third-order valence-electron chi connectivity index (χ3n) is 5.61. The van der Waals surface area contributed by atoms with Gasteiger partial charge in [0, 0.05) is 29.8 Å². The Hall–Kier alpha value is -2.85. The summed E-state index contributed by atoms with van der Waals surface area (Å²) in [5.74, 6) is -1.66. The summed E-state index contributed by atoms with van der Waals surface area (Å²) in [5, 5.41) is 34.8. The van der Waals surface area contributed by atoms with Gasteiger partial charge >= 0.3 is 5.97 Å².